The maximum atomic E-state index is 14.2. The monoisotopic (exact) mass is 337 g/mol. The highest BCUT2D eigenvalue weighted by Crippen LogP contribution is 2.25. The molecule has 1 aliphatic rings. The number of amides is 1. The topological polar surface area (TPSA) is 54.5 Å². The van der Waals surface area contributed by atoms with Gasteiger partial charge in [0.25, 0.3) is 15.0 Å². The van der Waals surface area contributed by atoms with E-state index in [1.165, 1.54) is 4.90 Å². The molecule has 116 valence electrons. The van der Waals surface area contributed by atoms with Gasteiger partial charge in [0.1, 0.15) is 16.3 Å². The maximum Gasteiger partial charge on any atom is 0.264 e. The highest BCUT2D eigenvalue weighted by Gasteiger charge is 2.29. The molecule has 4 nitrogen and oxygen atoms in total. The van der Waals surface area contributed by atoms with Gasteiger partial charge >= 0.3 is 0 Å². The summed E-state index contributed by atoms with van der Waals surface area (Å²) in [6, 6.07) is 1.45. The second kappa shape index (κ2) is 6.27. The Hall–Kier alpha value is -1.21. The number of nitrogens with zero attached hydrogens (tertiary/aromatic N) is 1. The van der Waals surface area contributed by atoms with Crippen LogP contribution in [0.25, 0.3) is 0 Å². The number of likely N-dealkylation sites (tertiary alicyclic amines) is 1. The lowest BCUT2D eigenvalue weighted by Crippen LogP contribution is -2.33. The molecule has 0 N–H and O–H groups in total. The smallest absolute Gasteiger partial charge is 0.264 e. The molecule has 1 amide bonds. The molecule has 1 aliphatic heterocycles. The molecular formula is C13H14ClF2NO3S. The molecule has 2 rings (SSSR count). The minimum absolute atomic E-state index is 0.398. The Morgan fingerprint density at radius 3 is 2.19 bits per heavy atom. The van der Waals surface area contributed by atoms with Crippen molar-refractivity contribution in [3.63, 3.8) is 0 Å². The Balaban J connectivity index is 2.45. The summed E-state index contributed by atoms with van der Waals surface area (Å²) < 4.78 is 50.5. The molecule has 0 saturated carbocycles. The van der Waals surface area contributed by atoms with Crippen molar-refractivity contribution in [2.75, 3.05) is 13.1 Å². The van der Waals surface area contributed by atoms with Crippen LogP contribution >= 0.6 is 10.7 Å². The van der Waals surface area contributed by atoms with E-state index in [0.717, 1.165) is 31.7 Å². The first-order chi connectivity index (χ1) is 9.82. The van der Waals surface area contributed by atoms with Gasteiger partial charge in [-0.15, -0.1) is 0 Å². The van der Waals surface area contributed by atoms with Crippen LogP contribution < -0.4 is 0 Å². The average molecular weight is 338 g/mol. The van der Waals surface area contributed by atoms with Crippen LogP contribution in [0, 0.1) is 11.6 Å². The summed E-state index contributed by atoms with van der Waals surface area (Å²) in [5.74, 6) is -3.36. The lowest BCUT2D eigenvalue weighted by Gasteiger charge is -2.21. The van der Waals surface area contributed by atoms with Crippen LogP contribution in [-0.4, -0.2) is 32.3 Å². The van der Waals surface area contributed by atoms with Gasteiger partial charge in [-0.25, -0.2) is 17.2 Å². The molecule has 21 heavy (non-hydrogen) atoms. The molecule has 1 heterocycles. The Kier molecular flexibility index (Phi) is 4.83. The van der Waals surface area contributed by atoms with E-state index in [2.05, 4.69) is 0 Å². The van der Waals surface area contributed by atoms with Gasteiger partial charge in [-0.05, 0) is 25.0 Å². The number of rotatable bonds is 2. The van der Waals surface area contributed by atoms with Gasteiger partial charge in [-0.1, -0.05) is 12.8 Å². The Morgan fingerprint density at radius 1 is 1.10 bits per heavy atom. The SMILES string of the molecule is O=C(c1c(F)ccc(S(=O)(=O)Cl)c1F)N1CCCCCC1. The predicted octanol–water partition coefficient (Wildman–Crippen LogP) is 2.91. The quantitative estimate of drug-likeness (QED) is 0.780. The van der Waals surface area contributed by atoms with Crippen molar-refractivity contribution in [3.8, 4) is 0 Å². The summed E-state index contributed by atoms with van der Waals surface area (Å²) in [4.78, 5) is 12.7. The molecule has 1 aromatic carbocycles. The number of hydrogen-bond donors (Lipinski definition) is 0. The van der Waals surface area contributed by atoms with Gasteiger partial charge in [0, 0.05) is 23.8 Å². The van der Waals surface area contributed by atoms with Crippen molar-refractivity contribution >= 4 is 25.6 Å². The van der Waals surface area contributed by atoms with Gasteiger partial charge in [0.05, 0.1) is 0 Å². The molecule has 0 bridgehead atoms. The van der Waals surface area contributed by atoms with Crippen molar-refractivity contribution in [2.45, 2.75) is 30.6 Å². The summed E-state index contributed by atoms with van der Waals surface area (Å²) in [6.45, 7) is 0.797. The Morgan fingerprint density at radius 2 is 1.67 bits per heavy atom. The predicted molar refractivity (Wildman–Crippen MR) is 73.8 cm³/mol. The van der Waals surface area contributed by atoms with Crippen LogP contribution in [0.5, 0.6) is 0 Å². The fourth-order valence-corrected chi connectivity index (χ4v) is 3.25. The molecule has 0 spiro atoms. The second-order valence-electron chi connectivity index (χ2n) is 4.88. The van der Waals surface area contributed by atoms with Crippen LogP contribution in [0.3, 0.4) is 0 Å². The summed E-state index contributed by atoms with van der Waals surface area (Å²) in [6.07, 6.45) is 3.40. The molecule has 1 saturated heterocycles. The van der Waals surface area contributed by atoms with E-state index in [-0.39, 0.29) is 0 Å². The lowest BCUT2D eigenvalue weighted by atomic mass is 10.1. The van der Waals surface area contributed by atoms with Crippen molar-refractivity contribution in [1.29, 1.82) is 0 Å². The van der Waals surface area contributed by atoms with E-state index >= 15 is 0 Å². The first-order valence-electron chi connectivity index (χ1n) is 6.54. The van der Waals surface area contributed by atoms with Crippen LogP contribution in [0.1, 0.15) is 36.0 Å². The normalized spacial score (nSPS) is 16.6. The third-order valence-electron chi connectivity index (χ3n) is 3.43. The first kappa shape index (κ1) is 16.2. The zero-order valence-corrected chi connectivity index (χ0v) is 12.7. The molecule has 0 radical (unpaired) electrons. The summed E-state index contributed by atoms with van der Waals surface area (Å²) in [5.41, 5.74) is -0.862. The van der Waals surface area contributed by atoms with E-state index in [9.17, 15) is 22.0 Å². The average Bonchev–Trinajstić information content (AvgIpc) is 2.65. The highest BCUT2D eigenvalue weighted by atomic mass is 35.7. The van der Waals surface area contributed by atoms with E-state index in [1.54, 1.807) is 0 Å². The molecular weight excluding hydrogens is 324 g/mol. The third kappa shape index (κ3) is 3.52. The van der Waals surface area contributed by atoms with Gasteiger partial charge in [0.2, 0.25) is 0 Å². The largest absolute Gasteiger partial charge is 0.338 e. The molecule has 1 aromatic rings. The van der Waals surface area contributed by atoms with E-state index in [4.69, 9.17) is 10.7 Å². The minimum Gasteiger partial charge on any atom is -0.338 e. The van der Waals surface area contributed by atoms with Gasteiger partial charge in [-0.2, -0.15) is 0 Å². The van der Waals surface area contributed by atoms with Crippen LogP contribution in [0.15, 0.2) is 17.0 Å². The van der Waals surface area contributed by atoms with E-state index < -0.39 is 37.1 Å². The third-order valence-corrected chi connectivity index (χ3v) is 4.76. The number of halogens is 3. The van der Waals surface area contributed by atoms with Crippen LogP contribution in [-0.2, 0) is 9.05 Å². The van der Waals surface area contributed by atoms with Crippen molar-refractivity contribution < 1.29 is 22.0 Å². The Labute approximate surface area is 126 Å². The zero-order valence-electron chi connectivity index (χ0n) is 11.1. The van der Waals surface area contributed by atoms with Crippen molar-refractivity contribution in [3.05, 3.63) is 29.3 Å². The fourth-order valence-electron chi connectivity index (χ4n) is 2.35. The van der Waals surface area contributed by atoms with Crippen molar-refractivity contribution in [1.82, 2.24) is 4.90 Å². The van der Waals surface area contributed by atoms with Crippen LogP contribution in [0.4, 0.5) is 8.78 Å². The summed E-state index contributed by atoms with van der Waals surface area (Å²) >= 11 is 0. The zero-order chi connectivity index (χ0) is 15.6. The number of carbonyl (C=O) groups excluding carboxylic acids is 1. The lowest BCUT2D eigenvalue weighted by molar-refractivity contribution is 0.0751. The highest BCUT2D eigenvalue weighted by molar-refractivity contribution is 8.13. The Bertz CT molecular complexity index is 656. The second-order valence-corrected chi connectivity index (χ2v) is 7.41. The maximum absolute atomic E-state index is 14.2. The number of carbonyl (C=O) groups is 1. The standard InChI is InChI=1S/C13H14ClF2NO3S/c14-21(19,20)10-6-5-9(15)11(12(10)16)13(18)17-7-3-1-2-4-8-17/h5-6H,1-4,7-8H2. The first-order valence-corrected chi connectivity index (χ1v) is 8.85. The van der Waals surface area contributed by atoms with Gasteiger partial charge in [0.15, 0.2) is 5.82 Å². The molecule has 1 fully saturated rings. The molecule has 0 unspecified atom stereocenters. The number of hydrogen-bond acceptors (Lipinski definition) is 3. The van der Waals surface area contributed by atoms with E-state index in [1.807, 2.05) is 0 Å². The fraction of sp³-hybridized carbons (Fsp3) is 0.462. The van der Waals surface area contributed by atoms with E-state index in [0.29, 0.717) is 19.2 Å². The van der Waals surface area contributed by atoms with Gasteiger partial charge < -0.3 is 4.90 Å². The van der Waals surface area contributed by atoms with Crippen LogP contribution in [0.2, 0.25) is 0 Å². The number of benzene rings is 1. The summed E-state index contributed by atoms with van der Waals surface area (Å²) in [5, 5.41) is 0. The van der Waals surface area contributed by atoms with Crippen molar-refractivity contribution in [2.24, 2.45) is 0 Å². The van der Waals surface area contributed by atoms with Gasteiger partial charge in [-0.3, -0.25) is 4.79 Å². The molecule has 8 heteroatoms. The molecule has 0 aromatic heterocycles. The minimum atomic E-state index is -4.38. The molecule has 0 aliphatic carbocycles. The summed E-state index contributed by atoms with van der Waals surface area (Å²) in [7, 11) is 0.705. The molecule has 0 atom stereocenters.